The molecular formula is C15H17FN4O. The molecule has 2 bridgehead atoms. The number of nitrogens with zero attached hydrogens (tertiary/aromatic N) is 3. The van der Waals surface area contributed by atoms with E-state index < -0.39 is 5.95 Å². The molecule has 0 radical (unpaired) electrons. The molecule has 110 valence electrons. The number of aromatic nitrogens is 3. The Morgan fingerprint density at radius 3 is 3.14 bits per heavy atom. The van der Waals surface area contributed by atoms with Crippen LogP contribution in [0.3, 0.4) is 0 Å². The molecule has 0 amide bonds. The van der Waals surface area contributed by atoms with Gasteiger partial charge in [0.2, 0.25) is 5.95 Å². The van der Waals surface area contributed by atoms with Gasteiger partial charge in [0.05, 0.1) is 36.0 Å². The molecule has 0 saturated carbocycles. The molecule has 3 atom stereocenters. The summed E-state index contributed by atoms with van der Waals surface area (Å²) in [6.07, 6.45) is 9.51. The van der Waals surface area contributed by atoms with Crippen molar-refractivity contribution in [1.29, 1.82) is 0 Å². The van der Waals surface area contributed by atoms with Crippen LogP contribution in [0.2, 0.25) is 0 Å². The SMILES string of the molecule is Fc1cc(-n2cc(NCC3CC4CCC3O4)cn2)ccn1. The van der Waals surface area contributed by atoms with E-state index in [9.17, 15) is 4.39 Å². The number of hydrogen-bond donors (Lipinski definition) is 1. The fraction of sp³-hybridized carbons (Fsp3) is 0.467. The van der Waals surface area contributed by atoms with Gasteiger partial charge in [-0.2, -0.15) is 9.49 Å². The van der Waals surface area contributed by atoms with Crippen LogP contribution in [0.5, 0.6) is 0 Å². The van der Waals surface area contributed by atoms with Gasteiger partial charge in [-0.1, -0.05) is 0 Å². The third-order valence-corrected chi connectivity index (χ3v) is 4.36. The summed E-state index contributed by atoms with van der Waals surface area (Å²) in [5.74, 6) is 0.0853. The highest BCUT2D eigenvalue weighted by molar-refractivity contribution is 5.42. The van der Waals surface area contributed by atoms with Crippen LogP contribution in [0.25, 0.3) is 5.69 Å². The molecule has 2 fully saturated rings. The molecule has 6 heteroatoms. The minimum atomic E-state index is -0.503. The second kappa shape index (κ2) is 5.11. The Bertz CT molecular complexity index is 644. The lowest BCUT2D eigenvalue weighted by Gasteiger charge is -2.18. The summed E-state index contributed by atoms with van der Waals surface area (Å²) < 4.78 is 20.6. The van der Waals surface area contributed by atoms with Crippen LogP contribution in [0, 0.1) is 11.9 Å². The number of nitrogens with one attached hydrogen (secondary N) is 1. The molecule has 0 spiro atoms. The molecule has 2 aromatic heterocycles. The van der Waals surface area contributed by atoms with Crippen LogP contribution in [0.15, 0.2) is 30.7 Å². The highest BCUT2D eigenvalue weighted by atomic mass is 19.1. The molecule has 21 heavy (non-hydrogen) atoms. The summed E-state index contributed by atoms with van der Waals surface area (Å²) in [5.41, 5.74) is 1.61. The summed E-state index contributed by atoms with van der Waals surface area (Å²) in [4.78, 5) is 3.55. The zero-order valence-corrected chi connectivity index (χ0v) is 11.6. The van der Waals surface area contributed by atoms with Gasteiger partial charge in [-0.25, -0.2) is 9.67 Å². The third kappa shape index (κ3) is 2.51. The van der Waals surface area contributed by atoms with Gasteiger partial charge < -0.3 is 10.1 Å². The molecule has 0 aromatic carbocycles. The molecule has 5 nitrogen and oxygen atoms in total. The van der Waals surface area contributed by atoms with Crippen LogP contribution in [0.4, 0.5) is 10.1 Å². The normalized spacial score (nSPS) is 27.2. The number of hydrogen-bond acceptors (Lipinski definition) is 4. The minimum absolute atomic E-state index is 0.423. The summed E-state index contributed by atoms with van der Waals surface area (Å²) in [5, 5.41) is 7.65. The van der Waals surface area contributed by atoms with Crippen molar-refractivity contribution in [3.8, 4) is 5.69 Å². The maximum atomic E-state index is 13.1. The van der Waals surface area contributed by atoms with Crippen molar-refractivity contribution in [2.24, 2.45) is 5.92 Å². The maximum Gasteiger partial charge on any atom is 0.214 e. The summed E-state index contributed by atoms with van der Waals surface area (Å²) in [6, 6.07) is 3.09. The smallest absolute Gasteiger partial charge is 0.214 e. The van der Waals surface area contributed by atoms with Crippen molar-refractivity contribution in [3.05, 3.63) is 36.7 Å². The number of halogens is 1. The average molecular weight is 288 g/mol. The second-order valence-electron chi connectivity index (χ2n) is 5.76. The van der Waals surface area contributed by atoms with E-state index in [0.717, 1.165) is 18.7 Å². The Morgan fingerprint density at radius 1 is 1.43 bits per heavy atom. The summed E-state index contributed by atoms with van der Waals surface area (Å²) >= 11 is 0. The topological polar surface area (TPSA) is 52.0 Å². The maximum absolute atomic E-state index is 13.1. The molecule has 0 aliphatic carbocycles. The molecular weight excluding hydrogens is 271 g/mol. The van der Waals surface area contributed by atoms with E-state index in [-0.39, 0.29) is 0 Å². The van der Waals surface area contributed by atoms with E-state index in [1.165, 1.54) is 25.1 Å². The molecule has 2 aromatic rings. The van der Waals surface area contributed by atoms with Gasteiger partial charge in [-0.05, 0) is 25.3 Å². The average Bonchev–Trinajstić information content (AvgIpc) is 3.21. The van der Waals surface area contributed by atoms with E-state index in [1.54, 1.807) is 16.9 Å². The van der Waals surface area contributed by atoms with Crippen LogP contribution in [-0.4, -0.2) is 33.5 Å². The van der Waals surface area contributed by atoms with Crippen molar-refractivity contribution >= 4 is 5.69 Å². The van der Waals surface area contributed by atoms with Crippen LogP contribution in [-0.2, 0) is 4.74 Å². The van der Waals surface area contributed by atoms with Crippen molar-refractivity contribution in [2.75, 3.05) is 11.9 Å². The molecule has 3 unspecified atom stereocenters. The number of fused-ring (bicyclic) bond motifs is 2. The lowest BCUT2D eigenvalue weighted by atomic mass is 9.89. The zero-order valence-electron chi connectivity index (χ0n) is 11.6. The number of ether oxygens (including phenoxy) is 1. The zero-order chi connectivity index (χ0) is 14.2. The first-order valence-electron chi connectivity index (χ1n) is 7.34. The molecule has 2 aliphatic heterocycles. The molecule has 1 N–H and O–H groups in total. The quantitative estimate of drug-likeness (QED) is 0.878. The lowest BCUT2D eigenvalue weighted by molar-refractivity contribution is 0.0941. The van der Waals surface area contributed by atoms with E-state index in [1.807, 2.05) is 6.20 Å². The Hall–Kier alpha value is -1.95. The van der Waals surface area contributed by atoms with Crippen molar-refractivity contribution < 1.29 is 9.13 Å². The number of rotatable bonds is 4. The number of pyridine rings is 1. The van der Waals surface area contributed by atoms with Gasteiger partial charge in [0, 0.05) is 24.7 Å². The summed E-state index contributed by atoms with van der Waals surface area (Å²) in [6.45, 7) is 0.900. The van der Waals surface area contributed by atoms with Crippen molar-refractivity contribution in [3.63, 3.8) is 0 Å². The monoisotopic (exact) mass is 288 g/mol. The third-order valence-electron chi connectivity index (χ3n) is 4.36. The van der Waals surface area contributed by atoms with E-state index >= 15 is 0 Å². The Balaban J connectivity index is 1.41. The van der Waals surface area contributed by atoms with Crippen molar-refractivity contribution in [2.45, 2.75) is 31.5 Å². The first kappa shape index (κ1) is 12.8. The highest BCUT2D eigenvalue weighted by Crippen LogP contribution is 2.38. The van der Waals surface area contributed by atoms with E-state index in [2.05, 4.69) is 15.4 Å². The van der Waals surface area contributed by atoms with Gasteiger partial charge in [-0.15, -0.1) is 0 Å². The minimum Gasteiger partial charge on any atom is -0.382 e. The molecule has 2 saturated heterocycles. The van der Waals surface area contributed by atoms with Gasteiger partial charge >= 0.3 is 0 Å². The standard InChI is InChI=1S/C15H17FN4O/c16-15-6-12(3-4-17-15)20-9-11(8-19-20)18-7-10-5-13-1-2-14(10)21-13/h3-4,6,8-10,13-14,18H,1-2,5,7H2. The molecule has 4 heterocycles. The van der Waals surface area contributed by atoms with Crippen LogP contribution < -0.4 is 5.32 Å². The van der Waals surface area contributed by atoms with Crippen LogP contribution >= 0.6 is 0 Å². The van der Waals surface area contributed by atoms with Crippen molar-refractivity contribution in [1.82, 2.24) is 14.8 Å². The predicted molar refractivity (Wildman–Crippen MR) is 75.8 cm³/mol. The van der Waals surface area contributed by atoms with Gasteiger partial charge in [0.1, 0.15) is 0 Å². The highest BCUT2D eigenvalue weighted by Gasteiger charge is 2.40. The second-order valence-corrected chi connectivity index (χ2v) is 5.76. The molecule has 2 aliphatic rings. The van der Waals surface area contributed by atoms with E-state index in [4.69, 9.17) is 4.74 Å². The summed E-state index contributed by atoms with van der Waals surface area (Å²) in [7, 11) is 0. The Morgan fingerprint density at radius 2 is 2.38 bits per heavy atom. The fourth-order valence-electron chi connectivity index (χ4n) is 3.30. The Kier molecular flexibility index (Phi) is 3.11. The first-order valence-corrected chi connectivity index (χ1v) is 7.34. The first-order chi connectivity index (χ1) is 10.3. The largest absolute Gasteiger partial charge is 0.382 e. The fourth-order valence-corrected chi connectivity index (χ4v) is 3.30. The lowest BCUT2D eigenvalue weighted by Crippen LogP contribution is -2.24. The Labute approximate surface area is 122 Å². The number of anilines is 1. The van der Waals surface area contributed by atoms with Crippen LogP contribution in [0.1, 0.15) is 19.3 Å². The predicted octanol–water partition coefficient (Wildman–Crippen LogP) is 2.39. The van der Waals surface area contributed by atoms with Gasteiger partial charge in [0.25, 0.3) is 0 Å². The van der Waals surface area contributed by atoms with Gasteiger partial charge in [0.15, 0.2) is 0 Å². The molecule has 4 rings (SSSR count). The van der Waals surface area contributed by atoms with Gasteiger partial charge in [-0.3, -0.25) is 0 Å². The van der Waals surface area contributed by atoms with E-state index in [0.29, 0.717) is 23.8 Å².